The zero-order valence-corrected chi connectivity index (χ0v) is 17.3. The van der Waals surface area contributed by atoms with E-state index in [0.29, 0.717) is 57.4 Å². The number of amides is 1. The highest BCUT2D eigenvalue weighted by Gasteiger charge is 2.31. The molecule has 2 fully saturated rings. The Kier molecular flexibility index (Phi) is 6.00. The number of ether oxygens (including phenoxy) is 2. The van der Waals surface area contributed by atoms with Crippen molar-refractivity contribution in [2.75, 3.05) is 70.5 Å². The van der Waals surface area contributed by atoms with Crippen LogP contribution in [0, 0.1) is 0 Å². The molecule has 0 aliphatic carbocycles. The predicted octanol–water partition coefficient (Wildman–Crippen LogP) is 0.340. The van der Waals surface area contributed by atoms with Gasteiger partial charge in [0.15, 0.2) is 11.5 Å². The number of piperazine rings is 1. The minimum absolute atomic E-state index is 0.0864. The van der Waals surface area contributed by atoms with Gasteiger partial charge in [-0.05, 0) is 12.1 Å². The van der Waals surface area contributed by atoms with Crippen molar-refractivity contribution in [3.05, 3.63) is 18.2 Å². The van der Waals surface area contributed by atoms with E-state index in [1.165, 1.54) is 10.4 Å². The number of thioether (sulfide) groups is 1. The molecule has 0 unspecified atom stereocenters. The van der Waals surface area contributed by atoms with E-state index in [4.69, 9.17) is 9.47 Å². The Morgan fingerprint density at radius 2 is 1.64 bits per heavy atom. The molecular formula is C18H25N3O5S2. The Balaban J connectivity index is 1.36. The van der Waals surface area contributed by atoms with Crippen molar-refractivity contribution in [1.82, 2.24) is 14.1 Å². The zero-order valence-electron chi connectivity index (χ0n) is 15.7. The van der Waals surface area contributed by atoms with Crippen LogP contribution in [-0.4, -0.2) is 99.0 Å². The van der Waals surface area contributed by atoms with Gasteiger partial charge in [0.05, 0.1) is 11.4 Å². The summed E-state index contributed by atoms with van der Waals surface area (Å²) in [5, 5.41) is 0. The third-order valence-corrected chi connectivity index (χ3v) is 8.04. The van der Waals surface area contributed by atoms with Crippen LogP contribution in [0.15, 0.2) is 23.1 Å². The van der Waals surface area contributed by atoms with Crippen LogP contribution < -0.4 is 9.47 Å². The first-order valence-electron chi connectivity index (χ1n) is 9.52. The molecule has 0 spiro atoms. The van der Waals surface area contributed by atoms with Crippen LogP contribution >= 0.6 is 11.8 Å². The third-order valence-electron chi connectivity index (χ3n) is 5.21. The number of benzene rings is 1. The van der Waals surface area contributed by atoms with E-state index in [2.05, 4.69) is 4.90 Å². The Bertz CT molecular complexity index is 819. The quantitative estimate of drug-likeness (QED) is 0.686. The lowest BCUT2D eigenvalue weighted by atomic mass is 10.3. The normalized spacial score (nSPS) is 21.5. The Morgan fingerprint density at radius 3 is 2.36 bits per heavy atom. The molecule has 28 heavy (non-hydrogen) atoms. The number of nitrogens with zero attached hydrogens (tertiary/aromatic N) is 3. The van der Waals surface area contributed by atoms with Crippen molar-refractivity contribution in [1.29, 1.82) is 0 Å². The maximum absolute atomic E-state index is 13.0. The lowest BCUT2D eigenvalue weighted by Gasteiger charge is -2.35. The van der Waals surface area contributed by atoms with Crippen LogP contribution in [0.4, 0.5) is 0 Å². The highest BCUT2D eigenvalue weighted by molar-refractivity contribution is 7.99. The molecular weight excluding hydrogens is 402 g/mol. The van der Waals surface area contributed by atoms with Crippen LogP contribution in [0.5, 0.6) is 11.5 Å². The number of hydrogen-bond acceptors (Lipinski definition) is 7. The van der Waals surface area contributed by atoms with Crippen molar-refractivity contribution < 1.29 is 22.7 Å². The number of fused-ring (bicyclic) bond motifs is 1. The predicted molar refractivity (Wildman–Crippen MR) is 107 cm³/mol. The monoisotopic (exact) mass is 427 g/mol. The second kappa shape index (κ2) is 8.48. The lowest BCUT2D eigenvalue weighted by molar-refractivity contribution is -0.133. The second-order valence-electron chi connectivity index (χ2n) is 6.98. The largest absolute Gasteiger partial charge is 0.486 e. The molecule has 2 saturated heterocycles. The number of carbonyl (C=O) groups excluding carboxylic acids is 1. The fourth-order valence-corrected chi connectivity index (χ4v) is 5.98. The lowest BCUT2D eigenvalue weighted by Crippen LogP contribution is -2.53. The van der Waals surface area contributed by atoms with Gasteiger partial charge < -0.3 is 14.4 Å². The third kappa shape index (κ3) is 4.24. The Labute approximate surface area is 169 Å². The molecule has 0 N–H and O–H groups in total. The van der Waals surface area contributed by atoms with E-state index in [1.54, 1.807) is 17.0 Å². The van der Waals surface area contributed by atoms with E-state index in [-0.39, 0.29) is 10.8 Å². The van der Waals surface area contributed by atoms with Gasteiger partial charge in [-0.25, -0.2) is 8.42 Å². The zero-order chi connectivity index (χ0) is 19.6. The fourth-order valence-electron chi connectivity index (χ4n) is 3.56. The van der Waals surface area contributed by atoms with Crippen LogP contribution in [0.1, 0.15) is 0 Å². The molecule has 0 bridgehead atoms. The van der Waals surface area contributed by atoms with Crippen molar-refractivity contribution in [2.45, 2.75) is 4.90 Å². The van der Waals surface area contributed by atoms with E-state index < -0.39 is 10.0 Å². The maximum Gasteiger partial charge on any atom is 0.243 e. The van der Waals surface area contributed by atoms with Gasteiger partial charge in [0, 0.05) is 56.8 Å². The SMILES string of the molecule is O=C(CN1CCSCC1)N1CCN(S(=O)(=O)c2ccc3c(c2)OCCO3)CC1. The molecule has 3 aliphatic heterocycles. The van der Waals surface area contributed by atoms with Gasteiger partial charge in [0.2, 0.25) is 15.9 Å². The van der Waals surface area contributed by atoms with Crippen LogP contribution in [0.3, 0.4) is 0 Å². The molecule has 4 rings (SSSR count). The summed E-state index contributed by atoms with van der Waals surface area (Å²) in [6.07, 6.45) is 0. The van der Waals surface area contributed by atoms with Gasteiger partial charge in [-0.15, -0.1) is 0 Å². The first kappa shape index (κ1) is 19.8. The van der Waals surface area contributed by atoms with Crippen LogP contribution in [0.2, 0.25) is 0 Å². The van der Waals surface area contributed by atoms with E-state index >= 15 is 0 Å². The van der Waals surface area contributed by atoms with Crippen LogP contribution in [0.25, 0.3) is 0 Å². The van der Waals surface area contributed by atoms with Crippen molar-refractivity contribution in [2.24, 2.45) is 0 Å². The molecule has 0 saturated carbocycles. The van der Waals surface area contributed by atoms with E-state index in [1.807, 2.05) is 11.8 Å². The van der Waals surface area contributed by atoms with Crippen LogP contribution in [-0.2, 0) is 14.8 Å². The number of hydrogen-bond donors (Lipinski definition) is 0. The number of carbonyl (C=O) groups is 1. The van der Waals surface area contributed by atoms with E-state index in [9.17, 15) is 13.2 Å². The summed E-state index contributed by atoms with van der Waals surface area (Å²) < 4.78 is 38.4. The summed E-state index contributed by atoms with van der Waals surface area (Å²) in [6, 6.07) is 4.71. The summed E-state index contributed by atoms with van der Waals surface area (Å²) in [6.45, 7) is 4.63. The van der Waals surface area contributed by atoms with Gasteiger partial charge >= 0.3 is 0 Å². The number of sulfonamides is 1. The molecule has 8 nitrogen and oxygen atoms in total. The minimum Gasteiger partial charge on any atom is -0.486 e. The average molecular weight is 428 g/mol. The van der Waals surface area contributed by atoms with Gasteiger partial charge in [-0.2, -0.15) is 16.1 Å². The molecule has 0 radical (unpaired) electrons. The smallest absolute Gasteiger partial charge is 0.243 e. The molecule has 10 heteroatoms. The Morgan fingerprint density at radius 1 is 0.964 bits per heavy atom. The summed E-state index contributed by atoms with van der Waals surface area (Å²) >= 11 is 1.91. The molecule has 1 aromatic rings. The molecule has 0 atom stereocenters. The van der Waals surface area contributed by atoms with Gasteiger partial charge in [0.1, 0.15) is 13.2 Å². The summed E-state index contributed by atoms with van der Waals surface area (Å²) in [5.41, 5.74) is 0. The summed E-state index contributed by atoms with van der Waals surface area (Å²) in [5.74, 6) is 3.24. The minimum atomic E-state index is -3.63. The van der Waals surface area contributed by atoms with Crippen molar-refractivity contribution in [3.8, 4) is 11.5 Å². The molecule has 1 amide bonds. The highest BCUT2D eigenvalue weighted by atomic mass is 32.2. The topological polar surface area (TPSA) is 79.4 Å². The summed E-state index contributed by atoms with van der Waals surface area (Å²) in [7, 11) is -3.63. The molecule has 154 valence electrons. The molecule has 3 heterocycles. The van der Waals surface area contributed by atoms with Gasteiger partial charge in [-0.3, -0.25) is 9.69 Å². The summed E-state index contributed by atoms with van der Waals surface area (Å²) in [4.78, 5) is 16.7. The molecule has 0 aromatic heterocycles. The first-order chi connectivity index (χ1) is 13.5. The first-order valence-corrected chi connectivity index (χ1v) is 12.1. The van der Waals surface area contributed by atoms with Gasteiger partial charge in [-0.1, -0.05) is 0 Å². The molecule has 3 aliphatic rings. The fraction of sp³-hybridized carbons (Fsp3) is 0.611. The van der Waals surface area contributed by atoms with Crippen molar-refractivity contribution in [3.63, 3.8) is 0 Å². The van der Waals surface area contributed by atoms with Crippen molar-refractivity contribution >= 4 is 27.7 Å². The van der Waals surface area contributed by atoms with E-state index in [0.717, 1.165) is 24.6 Å². The van der Waals surface area contributed by atoms with Gasteiger partial charge in [0.25, 0.3) is 0 Å². The maximum atomic E-state index is 13.0. The standard InChI is InChI=1S/C18H25N3O5S2/c22-18(14-19-7-11-27-12-8-19)20-3-5-21(6-4-20)28(23,24)15-1-2-16-17(13-15)26-10-9-25-16/h1-2,13H,3-12,14H2. The average Bonchev–Trinajstić information content (AvgIpc) is 2.74. The Hall–Kier alpha value is -1.49. The highest BCUT2D eigenvalue weighted by Crippen LogP contribution is 2.33. The number of rotatable bonds is 4. The second-order valence-corrected chi connectivity index (χ2v) is 10.1. The molecule has 1 aromatic carbocycles.